The Labute approximate surface area is 117 Å². The molecule has 1 aliphatic heterocycles. The molecular formula is C15H18N2OS. The Hall–Kier alpha value is -1.23. The Balaban J connectivity index is 1.97. The number of nitrogens with zero attached hydrogens (tertiary/aromatic N) is 1. The smallest absolute Gasteiger partial charge is 0.0990 e. The molecule has 0 radical (unpaired) electrons. The molecule has 1 aromatic heterocycles. The minimum atomic E-state index is 0.484. The van der Waals surface area contributed by atoms with Gasteiger partial charge in [-0.25, -0.2) is 4.98 Å². The van der Waals surface area contributed by atoms with Gasteiger partial charge in [0.1, 0.15) is 0 Å². The molecule has 4 heteroatoms. The number of ether oxygens (including phenoxy) is 1. The van der Waals surface area contributed by atoms with Crippen LogP contribution in [0.2, 0.25) is 0 Å². The highest BCUT2D eigenvalue weighted by Crippen LogP contribution is 2.34. The fourth-order valence-electron chi connectivity index (χ4n) is 2.38. The van der Waals surface area contributed by atoms with Crippen molar-refractivity contribution < 1.29 is 4.74 Å². The van der Waals surface area contributed by atoms with E-state index >= 15 is 0 Å². The summed E-state index contributed by atoms with van der Waals surface area (Å²) in [5, 5.41) is 4.46. The van der Waals surface area contributed by atoms with Gasteiger partial charge >= 0.3 is 0 Å². The second-order valence-corrected chi connectivity index (χ2v) is 5.90. The Kier molecular flexibility index (Phi) is 3.92. The molecule has 0 amide bonds. The molecular weight excluding hydrogens is 256 g/mol. The van der Waals surface area contributed by atoms with E-state index in [1.54, 1.807) is 0 Å². The number of nitrogens with one attached hydrogen (secondary N) is 1. The fraction of sp³-hybridized carbons (Fsp3) is 0.400. The first-order valence-corrected chi connectivity index (χ1v) is 7.47. The molecule has 3 rings (SSSR count). The lowest BCUT2D eigenvalue weighted by atomic mass is 10.1. The Morgan fingerprint density at radius 1 is 1.37 bits per heavy atom. The van der Waals surface area contributed by atoms with Crippen LogP contribution in [-0.2, 0) is 11.3 Å². The molecule has 1 aliphatic rings. The van der Waals surface area contributed by atoms with Crippen LogP contribution in [0.1, 0.15) is 22.2 Å². The molecule has 1 fully saturated rings. The average molecular weight is 274 g/mol. The monoisotopic (exact) mass is 274 g/mol. The SMILES string of the molecule is CNCc1sc(C2CCOC2)nc1-c1ccccc1. The normalized spacial score (nSPS) is 18.9. The second-order valence-electron chi connectivity index (χ2n) is 4.78. The Morgan fingerprint density at radius 3 is 2.89 bits per heavy atom. The van der Waals surface area contributed by atoms with Crippen molar-refractivity contribution in [1.29, 1.82) is 0 Å². The van der Waals surface area contributed by atoms with Gasteiger partial charge in [0.05, 0.1) is 17.3 Å². The van der Waals surface area contributed by atoms with Crippen LogP contribution in [0.15, 0.2) is 30.3 Å². The topological polar surface area (TPSA) is 34.1 Å². The standard InChI is InChI=1S/C15H18N2OS/c1-16-9-13-14(11-5-3-2-4-6-11)17-15(19-13)12-7-8-18-10-12/h2-6,12,16H,7-10H2,1H3. The third kappa shape index (κ3) is 2.71. The molecule has 19 heavy (non-hydrogen) atoms. The zero-order valence-corrected chi connectivity index (χ0v) is 11.9. The van der Waals surface area contributed by atoms with Gasteiger partial charge in [0.2, 0.25) is 0 Å². The molecule has 1 aromatic carbocycles. The number of benzene rings is 1. The largest absolute Gasteiger partial charge is 0.381 e. The summed E-state index contributed by atoms with van der Waals surface area (Å²) >= 11 is 1.82. The molecule has 100 valence electrons. The predicted molar refractivity (Wildman–Crippen MR) is 78.5 cm³/mol. The van der Waals surface area contributed by atoms with Crippen molar-refractivity contribution in [3.8, 4) is 11.3 Å². The van der Waals surface area contributed by atoms with Crippen LogP contribution in [0.25, 0.3) is 11.3 Å². The van der Waals surface area contributed by atoms with Gasteiger partial charge in [0, 0.05) is 29.5 Å². The molecule has 2 aromatic rings. The molecule has 0 saturated carbocycles. The molecule has 1 saturated heterocycles. The maximum Gasteiger partial charge on any atom is 0.0990 e. The number of thiazole rings is 1. The lowest BCUT2D eigenvalue weighted by molar-refractivity contribution is 0.194. The van der Waals surface area contributed by atoms with Crippen LogP contribution in [0.3, 0.4) is 0 Å². The first-order chi connectivity index (χ1) is 9.38. The van der Waals surface area contributed by atoms with Gasteiger partial charge in [0.25, 0.3) is 0 Å². The zero-order chi connectivity index (χ0) is 13.1. The summed E-state index contributed by atoms with van der Waals surface area (Å²) < 4.78 is 5.48. The van der Waals surface area contributed by atoms with Crippen LogP contribution in [0.4, 0.5) is 0 Å². The molecule has 1 atom stereocenters. The highest BCUT2D eigenvalue weighted by molar-refractivity contribution is 7.12. The van der Waals surface area contributed by atoms with E-state index in [0.29, 0.717) is 5.92 Å². The van der Waals surface area contributed by atoms with Crippen molar-refractivity contribution in [3.05, 3.63) is 40.2 Å². The minimum Gasteiger partial charge on any atom is -0.381 e. The van der Waals surface area contributed by atoms with E-state index < -0.39 is 0 Å². The van der Waals surface area contributed by atoms with E-state index in [9.17, 15) is 0 Å². The van der Waals surface area contributed by atoms with Crippen molar-refractivity contribution in [1.82, 2.24) is 10.3 Å². The number of aromatic nitrogens is 1. The van der Waals surface area contributed by atoms with Crippen molar-refractivity contribution in [2.45, 2.75) is 18.9 Å². The van der Waals surface area contributed by atoms with Crippen molar-refractivity contribution in [3.63, 3.8) is 0 Å². The molecule has 1 unspecified atom stereocenters. The van der Waals surface area contributed by atoms with Gasteiger partial charge in [-0.2, -0.15) is 0 Å². The minimum absolute atomic E-state index is 0.484. The van der Waals surface area contributed by atoms with E-state index in [-0.39, 0.29) is 0 Å². The molecule has 0 aliphatic carbocycles. The summed E-state index contributed by atoms with van der Waals surface area (Å²) in [4.78, 5) is 6.19. The third-order valence-corrected chi connectivity index (χ3v) is 4.60. The molecule has 0 spiro atoms. The summed E-state index contributed by atoms with van der Waals surface area (Å²) in [6.07, 6.45) is 1.10. The molecule has 1 N–H and O–H groups in total. The van der Waals surface area contributed by atoms with Gasteiger partial charge in [0.15, 0.2) is 0 Å². The highest BCUT2D eigenvalue weighted by atomic mass is 32.1. The van der Waals surface area contributed by atoms with Crippen molar-refractivity contribution in [2.75, 3.05) is 20.3 Å². The lowest BCUT2D eigenvalue weighted by Crippen LogP contribution is -2.04. The summed E-state index contributed by atoms with van der Waals surface area (Å²) in [5.74, 6) is 0.484. The summed E-state index contributed by atoms with van der Waals surface area (Å²) in [6, 6.07) is 10.4. The van der Waals surface area contributed by atoms with Gasteiger partial charge in [-0.3, -0.25) is 0 Å². The molecule has 2 heterocycles. The fourth-order valence-corrected chi connectivity index (χ4v) is 3.59. The second kappa shape index (κ2) is 5.82. The third-order valence-electron chi connectivity index (χ3n) is 3.38. The van der Waals surface area contributed by atoms with Gasteiger partial charge in [-0.1, -0.05) is 30.3 Å². The predicted octanol–water partition coefficient (Wildman–Crippen LogP) is 3.03. The maximum absolute atomic E-state index is 5.48. The zero-order valence-electron chi connectivity index (χ0n) is 11.1. The van der Waals surface area contributed by atoms with Crippen LogP contribution in [0.5, 0.6) is 0 Å². The van der Waals surface area contributed by atoms with E-state index in [0.717, 1.165) is 31.9 Å². The van der Waals surface area contributed by atoms with E-state index in [2.05, 4.69) is 29.6 Å². The quantitative estimate of drug-likeness (QED) is 0.930. The van der Waals surface area contributed by atoms with Crippen molar-refractivity contribution >= 4 is 11.3 Å². The highest BCUT2D eigenvalue weighted by Gasteiger charge is 2.23. The number of hydrogen-bond acceptors (Lipinski definition) is 4. The average Bonchev–Trinajstić information content (AvgIpc) is 3.08. The molecule has 3 nitrogen and oxygen atoms in total. The van der Waals surface area contributed by atoms with E-state index in [1.807, 2.05) is 24.5 Å². The lowest BCUT2D eigenvalue weighted by Gasteiger charge is -2.01. The van der Waals surface area contributed by atoms with Gasteiger partial charge in [-0.15, -0.1) is 11.3 Å². The summed E-state index contributed by atoms with van der Waals surface area (Å²) in [5.41, 5.74) is 2.33. The van der Waals surface area contributed by atoms with Crippen LogP contribution in [0, 0.1) is 0 Å². The first kappa shape index (κ1) is 12.8. The summed E-state index contributed by atoms with van der Waals surface area (Å²) in [6.45, 7) is 2.56. The van der Waals surface area contributed by atoms with Gasteiger partial charge in [-0.05, 0) is 13.5 Å². The summed E-state index contributed by atoms with van der Waals surface area (Å²) in [7, 11) is 1.98. The number of hydrogen-bond donors (Lipinski definition) is 1. The van der Waals surface area contributed by atoms with E-state index in [4.69, 9.17) is 9.72 Å². The van der Waals surface area contributed by atoms with Gasteiger partial charge < -0.3 is 10.1 Å². The van der Waals surface area contributed by atoms with Crippen LogP contribution in [-0.4, -0.2) is 25.2 Å². The Bertz CT molecular complexity index is 532. The van der Waals surface area contributed by atoms with Crippen LogP contribution >= 0.6 is 11.3 Å². The Morgan fingerprint density at radius 2 is 2.21 bits per heavy atom. The number of rotatable bonds is 4. The van der Waals surface area contributed by atoms with E-state index in [1.165, 1.54) is 15.4 Å². The van der Waals surface area contributed by atoms with Crippen molar-refractivity contribution in [2.24, 2.45) is 0 Å². The van der Waals surface area contributed by atoms with Crippen LogP contribution < -0.4 is 5.32 Å². The first-order valence-electron chi connectivity index (χ1n) is 6.66. The maximum atomic E-state index is 5.48. The molecule has 0 bridgehead atoms.